The molecule has 28 heavy (non-hydrogen) atoms. The fraction of sp³-hybridized carbons (Fsp3) is 0.235. The van der Waals surface area contributed by atoms with Gasteiger partial charge in [0.05, 0.1) is 12.8 Å². The van der Waals surface area contributed by atoms with Gasteiger partial charge in [-0.25, -0.2) is 4.79 Å². The van der Waals surface area contributed by atoms with Gasteiger partial charge in [0.15, 0.2) is 5.11 Å². The number of nitrogens with one attached hydrogen (secondary N) is 3. The Hall–Kier alpha value is -3.21. The first-order valence-electron chi connectivity index (χ1n) is 8.08. The SMILES string of the molecule is CC1(c2ccc(OC(F)F)cc2)NC(=O)N(NC(=S)NCc2ccco2)C1=O. The summed E-state index contributed by atoms with van der Waals surface area (Å²) in [5.74, 6) is -0.0446. The first-order valence-corrected chi connectivity index (χ1v) is 8.49. The number of halogens is 2. The molecule has 1 saturated heterocycles. The number of carbonyl (C=O) groups excluding carboxylic acids is 2. The summed E-state index contributed by atoms with van der Waals surface area (Å²) in [6.07, 6.45) is 1.51. The summed E-state index contributed by atoms with van der Waals surface area (Å²) in [5, 5.41) is 6.17. The highest BCUT2D eigenvalue weighted by atomic mass is 32.1. The number of nitrogens with zero attached hydrogens (tertiary/aromatic N) is 1. The Balaban J connectivity index is 1.67. The summed E-state index contributed by atoms with van der Waals surface area (Å²) >= 11 is 5.09. The molecule has 3 N–H and O–H groups in total. The van der Waals surface area contributed by atoms with E-state index in [1.54, 1.807) is 12.1 Å². The lowest BCUT2D eigenvalue weighted by Gasteiger charge is -2.23. The summed E-state index contributed by atoms with van der Waals surface area (Å²) in [6, 6.07) is 8.17. The average Bonchev–Trinajstić information content (AvgIpc) is 3.23. The topological polar surface area (TPSA) is 95.8 Å². The molecule has 1 aromatic heterocycles. The van der Waals surface area contributed by atoms with E-state index in [1.165, 1.54) is 37.5 Å². The second-order valence-corrected chi connectivity index (χ2v) is 6.38. The molecule has 11 heteroatoms. The zero-order valence-corrected chi connectivity index (χ0v) is 15.4. The highest BCUT2D eigenvalue weighted by molar-refractivity contribution is 7.80. The molecule has 0 aliphatic carbocycles. The van der Waals surface area contributed by atoms with Crippen molar-refractivity contribution in [2.24, 2.45) is 0 Å². The highest BCUT2D eigenvalue weighted by Crippen LogP contribution is 2.29. The summed E-state index contributed by atoms with van der Waals surface area (Å²) in [6.45, 7) is -1.19. The molecular weight excluding hydrogens is 394 g/mol. The molecule has 1 aliphatic rings. The zero-order valence-electron chi connectivity index (χ0n) is 14.6. The van der Waals surface area contributed by atoms with Gasteiger partial charge in [-0.15, -0.1) is 0 Å². The molecule has 148 valence electrons. The van der Waals surface area contributed by atoms with E-state index < -0.39 is 24.1 Å². The maximum absolute atomic E-state index is 12.8. The van der Waals surface area contributed by atoms with Gasteiger partial charge in [0.2, 0.25) is 0 Å². The van der Waals surface area contributed by atoms with Crippen molar-refractivity contribution in [3.63, 3.8) is 0 Å². The summed E-state index contributed by atoms with van der Waals surface area (Å²) in [5.41, 5.74) is 1.53. The van der Waals surface area contributed by atoms with Crippen LogP contribution in [0.1, 0.15) is 18.2 Å². The molecule has 0 radical (unpaired) electrons. The van der Waals surface area contributed by atoms with Gasteiger partial charge in [-0.3, -0.25) is 10.2 Å². The first kappa shape index (κ1) is 19.5. The number of benzene rings is 1. The van der Waals surface area contributed by atoms with Gasteiger partial charge in [-0.2, -0.15) is 13.8 Å². The third-order valence-corrected chi connectivity index (χ3v) is 4.30. The lowest BCUT2D eigenvalue weighted by molar-refractivity contribution is -0.132. The van der Waals surface area contributed by atoms with Crippen molar-refractivity contribution < 1.29 is 27.5 Å². The molecule has 0 bridgehead atoms. The van der Waals surface area contributed by atoms with Gasteiger partial charge in [0.25, 0.3) is 5.91 Å². The molecule has 1 aliphatic heterocycles. The zero-order chi connectivity index (χ0) is 20.3. The van der Waals surface area contributed by atoms with Gasteiger partial charge in [0, 0.05) is 0 Å². The number of carbonyl (C=O) groups is 2. The lowest BCUT2D eigenvalue weighted by atomic mass is 9.92. The van der Waals surface area contributed by atoms with E-state index in [0.29, 0.717) is 11.3 Å². The van der Waals surface area contributed by atoms with Gasteiger partial charge in [-0.1, -0.05) is 12.1 Å². The Kier molecular flexibility index (Phi) is 5.45. The molecule has 0 spiro atoms. The molecule has 8 nitrogen and oxygen atoms in total. The van der Waals surface area contributed by atoms with Crippen molar-refractivity contribution in [3.8, 4) is 5.75 Å². The fourth-order valence-corrected chi connectivity index (χ4v) is 2.79. The maximum atomic E-state index is 12.8. The number of rotatable bonds is 6. The van der Waals surface area contributed by atoms with Crippen LogP contribution in [0.3, 0.4) is 0 Å². The van der Waals surface area contributed by atoms with Gasteiger partial charge >= 0.3 is 12.6 Å². The number of hydrazine groups is 1. The Labute approximate surface area is 163 Å². The number of urea groups is 1. The quantitative estimate of drug-likeness (QED) is 0.496. The largest absolute Gasteiger partial charge is 0.467 e. The van der Waals surface area contributed by atoms with Crippen molar-refractivity contribution in [1.29, 1.82) is 0 Å². The van der Waals surface area contributed by atoms with Gasteiger partial charge < -0.3 is 19.8 Å². The predicted molar refractivity (Wildman–Crippen MR) is 97.1 cm³/mol. The second kappa shape index (κ2) is 7.80. The minimum absolute atomic E-state index is 0.0461. The van der Waals surface area contributed by atoms with Crippen LogP contribution in [0.5, 0.6) is 5.75 Å². The van der Waals surface area contributed by atoms with Gasteiger partial charge in [0.1, 0.15) is 17.0 Å². The summed E-state index contributed by atoms with van der Waals surface area (Å²) < 4.78 is 34.0. The van der Waals surface area contributed by atoms with E-state index in [2.05, 4.69) is 20.8 Å². The number of thiocarbonyl (C=S) groups is 1. The molecule has 0 saturated carbocycles. The number of amides is 3. The third-order valence-electron chi connectivity index (χ3n) is 4.06. The Morgan fingerprint density at radius 2 is 2.04 bits per heavy atom. The maximum Gasteiger partial charge on any atom is 0.387 e. The van der Waals surface area contributed by atoms with Gasteiger partial charge in [-0.05, 0) is 49.0 Å². The number of hydrogen-bond acceptors (Lipinski definition) is 5. The van der Waals surface area contributed by atoms with E-state index in [0.717, 1.165) is 5.01 Å². The second-order valence-electron chi connectivity index (χ2n) is 5.97. The van der Waals surface area contributed by atoms with Crippen LogP contribution in [-0.2, 0) is 16.9 Å². The van der Waals surface area contributed by atoms with Crippen LogP contribution in [-0.4, -0.2) is 28.7 Å². The predicted octanol–water partition coefficient (Wildman–Crippen LogP) is 2.23. The monoisotopic (exact) mass is 410 g/mol. The lowest BCUT2D eigenvalue weighted by Crippen LogP contribution is -2.51. The molecule has 2 aromatic rings. The molecular formula is C17H16F2N4O4S. The number of ether oxygens (including phenoxy) is 1. The number of furan rings is 1. The molecule has 3 rings (SSSR count). The van der Waals surface area contributed by atoms with Crippen LogP contribution in [0.25, 0.3) is 0 Å². The average molecular weight is 410 g/mol. The standard InChI is InChI=1S/C17H16F2N4O4S/c1-17(10-4-6-11(7-5-10)27-14(18)19)13(24)23(16(25)21-17)22-15(28)20-9-12-3-2-8-26-12/h2-8,14H,9H2,1H3,(H,21,25)(H2,20,22,28). The number of alkyl halides is 2. The van der Waals surface area contributed by atoms with Crippen molar-refractivity contribution in [2.45, 2.75) is 25.6 Å². The van der Waals surface area contributed by atoms with Crippen molar-refractivity contribution in [3.05, 3.63) is 54.0 Å². The highest BCUT2D eigenvalue weighted by Gasteiger charge is 2.49. The van der Waals surface area contributed by atoms with Crippen LogP contribution >= 0.6 is 12.2 Å². The molecule has 1 atom stereocenters. The van der Waals surface area contributed by atoms with Crippen molar-refractivity contribution >= 4 is 29.3 Å². The van der Waals surface area contributed by atoms with E-state index in [-0.39, 0.29) is 17.4 Å². The van der Waals surface area contributed by atoms with E-state index >= 15 is 0 Å². The minimum Gasteiger partial charge on any atom is -0.467 e. The molecule has 1 fully saturated rings. The normalized spacial score (nSPS) is 18.9. The Bertz CT molecular complexity index is 876. The fourth-order valence-electron chi connectivity index (χ4n) is 2.63. The smallest absolute Gasteiger partial charge is 0.387 e. The van der Waals surface area contributed by atoms with Crippen LogP contribution in [0.15, 0.2) is 47.1 Å². The van der Waals surface area contributed by atoms with Crippen molar-refractivity contribution in [1.82, 2.24) is 21.1 Å². The number of hydrogen-bond donors (Lipinski definition) is 3. The van der Waals surface area contributed by atoms with Crippen LogP contribution in [0.2, 0.25) is 0 Å². The summed E-state index contributed by atoms with van der Waals surface area (Å²) in [7, 11) is 0. The third kappa shape index (κ3) is 4.03. The van der Waals surface area contributed by atoms with Crippen molar-refractivity contribution in [2.75, 3.05) is 0 Å². The van der Waals surface area contributed by atoms with E-state index in [4.69, 9.17) is 16.6 Å². The molecule has 2 heterocycles. The number of imide groups is 1. The minimum atomic E-state index is -2.95. The van der Waals surface area contributed by atoms with E-state index in [9.17, 15) is 18.4 Å². The van der Waals surface area contributed by atoms with Crippen LogP contribution in [0, 0.1) is 0 Å². The first-order chi connectivity index (χ1) is 13.3. The van der Waals surface area contributed by atoms with Crippen LogP contribution < -0.4 is 20.8 Å². The Morgan fingerprint density at radius 3 is 2.64 bits per heavy atom. The van der Waals surface area contributed by atoms with E-state index in [1.807, 2.05) is 0 Å². The van der Waals surface area contributed by atoms with Crippen LogP contribution in [0.4, 0.5) is 13.6 Å². The summed E-state index contributed by atoms with van der Waals surface area (Å²) in [4.78, 5) is 25.0. The molecule has 3 amide bonds. The molecule has 1 unspecified atom stereocenters. The Morgan fingerprint density at radius 1 is 1.32 bits per heavy atom. The molecule has 1 aromatic carbocycles.